The smallest absolute Gasteiger partial charge is 0.338 e. The van der Waals surface area contributed by atoms with Crippen LogP contribution in [0.5, 0.6) is 0 Å². The number of benzene rings is 1. The van der Waals surface area contributed by atoms with Crippen LogP contribution in [0.15, 0.2) is 23.1 Å². The molecular weight excluding hydrogens is 253 g/mol. The van der Waals surface area contributed by atoms with E-state index in [0.29, 0.717) is 12.1 Å². The Balaban J connectivity index is 3.30. The van der Waals surface area contributed by atoms with Gasteiger partial charge in [0.05, 0.1) is 10.5 Å². The first kappa shape index (κ1) is 13.1. The lowest BCUT2D eigenvalue weighted by Gasteiger charge is -2.04. The molecule has 0 saturated carbocycles. The molecule has 92 valence electrons. The Hall–Kier alpha value is -1.96. The van der Waals surface area contributed by atoms with Crippen molar-refractivity contribution in [3.63, 3.8) is 0 Å². The van der Waals surface area contributed by atoms with Crippen LogP contribution >= 0.6 is 0 Å². The van der Waals surface area contributed by atoms with Crippen molar-refractivity contribution in [1.82, 2.24) is 0 Å². The lowest BCUT2D eigenvalue weighted by atomic mass is 10.2. The number of sulfone groups is 1. The van der Waals surface area contributed by atoms with Crippen LogP contribution in [0.25, 0.3) is 0 Å². The van der Waals surface area contributed by atoms with E-state index >= 15 is 0 Å². The van der Waals surface area contributed by atoms with Gasteiger partial charge in [-0.25, -0.2) is 17.6 Å². The van der Waals surface area contributed by atoms with Gasteiger partial charge in [0.15, 0.2) is 9.84 Å². The molecule has 3 N–H and O–H groups in total. The number of carbonyl (C=O) groups is 2. The second kappa shape index (κ2) is 4.50. The number of hydrogen-bond donors (Lipinski definition) is 2. The molecule has 0 heterocycles. The van der Waals surface area contributed by atoms with Gasteiger partial charge < -0.3 is 10.8 Å². The Morgan fingerprint density at radius 2 is 1.94 bits per heavy atom. The maximum atomic E-state index is 13.0. The van der Waals surface area contributed by atoms with Gasteiger partial charge in [-0.05, 0) is 18.2 Å². The molecule has 8 heteroatoms. The highest BCUT2D eigenvalue weighted by atomic mass is 32.2. The Morgan fingerprint density at radius 3 is 2.41 bits per heavy atom. The Kier molecular flexibility index (Phi) is 3.47. The number of hydrogen-bond acceptors (Lipinski definition) is 4. The number of primary amides is 1. The molecule has 0 bridgehead atoms. The van der Waals surface area contributed by atoms with E-state index in [4.69, 9.17) is 10.8 Å². The molecule has 0 aliphatic rings. The first-order valence-electron chi connectivity index (χ1n) is 4.28. The van der Waals surface area contributed by atoms with Crippen LogP contribution in [0, 0.1) is 5.82 Å². The fourth-order valence-corrected chi connectivity index (χ4v) is 2.25. The van der Waals surface area contributed by atoms with Gasteiger partial charge in [-0.3, -0.25) is 4.79 Å². The molecule has 0 aliphatic heterocycles. The Bertz CT molecular complexity index is 581. The number of carboxylic acids is 1. The van der Waals surface area contributed by atoms with Crippen molar-refractivity contribution in [2.24, 2.45) is 5.73 Å². The Labute approximate surface area is 95.8 Å². The van der Waals surface area contributed by atoms with Crippen LogP contribution in [0.4, 0.5) is 4.39 Å². The number of aromatic carboxylic acids is 1. The molecule has 0 fully saturated rings. The van der Waals surface area contributed by atoms with Gasteiger partial charge in [-0.1, -0.05) is 0 Å². The summed E-state index contributed by atoms with van der Waals surface area (Å²) in [4.78, 5) is 20.7. The van der Waals surface area contributed by atoms with E-state index in [0.717, 1.165) is 6.07 Å². The quantitative estimate of drug-likeness (QED) is 0.727. The second-order valence-electron chi connectivity index (χ2n) is 3.17. The van der Waals surface area contributed by atoms with Gasteiger partial charge in [-0.2, -0.15) is 0 Å². The van der Waals surface area contributed by atoms with E-state index in [9.17, 15) is 22.4 Å². The minimum absolute atomic E-state index is 0.463. The summed E-state index contributed by atoms with van der Waals surface area (Å²) in [6.07, 6.45) is 0. The molecule has 0 spiro atoms. The number of nitrogens with two attached hydrogens (primary N) is 1. The average Bonchev–Trinajstić information content (AvgIpc) is 2.15. The predicted molar refractivity (Wildman–Crippen MR) is 54.6 cm³/mol. The van der Waals surface area contributed by atoms with Crippen molar-refractivity contribution in [1.29, 1.82) is 0 Å². The molecule has 0 saturated heterocycles. The molecule has 0 unspecified atom stereocenters. The predicted octanol–water partition coefficient (Wildman–Crippen LogP) is -0.217. The molecule has 1 amide bonds. The lowest BCUT2D eigenvalue weighted by molar-refractivity contribution is -0.115. The third-order valence-electron chi connectivity index (χ3n) is 1.86. The summed E-state index contributed by atoms with van der Waals surface area (Å²) < 4.78 is 36.0. The molecule has 6 nitrogen and oxygen atoms in total. The largest absolute Gasteiger partial charge is 0.478 e. The molecule has 0 aromatic heterocycles. The molecule has 1 rings (SSSR count). The number of rotatable bonds is 4. The minimum atomic E-state index is -4.04. The van der Waals surface area contributed by atoms with Gasteiger partial charge in [0.25, 0.3) is 0 Å². The van der Waals surface area contributed by atoms with E-state index in [1.54, 1.807) is 0 Å². The van der Waals surface area contributed by atoms with E-state index in [2.05, 4.69) is 0 Å². The van der Waals surface area contributed by atoms with Crippen LogP contribution in [0.3, 0.4) is 0 Å². The number of carboxylic acid groups (broad SMARTS) is 1. The molecule has 1 aromatic rings. The second-order valence-corrected chi connectivity index (χ2v) is 5.16. The van der Waals surface area contributed by atoms with Crippen molar-refractivity contribution in [3.8, 4) is 0 Å². The molecule has 0 atom stereocenters. The maximum absolute atomic E-state index is 13.0. The molecule has 17 heavy (non-hydrogen) atoms. The molecule has 0 radical (unpaired) electrons. The number of amides is 1. The Morgan fingerprint density at radius 1 is 1.35 bits per heavy atom. The van der Waals surface area contributed by atoms with Crippen molar-refractivity contribution in [2.75, 3.05) is 5.75 Å². The fourth-order valence-electron chi connectivity index (χ4n) is 1.13. The van der Waals surface area contributed by atoms with Crippen LogP contribution < -0.4 is 5.73 Å². The topological polar surface area (TPSA) is 115 Å². The zero-order valence-corrected chi connectivity index (χ0v) is 9.20. The summed E-state index contributed by atoms with van der Waals surface area (Å²) in [5.74, 6) is -4.70. The fraction of sp³-hybridized carbons (Fsp3) is 0.111. The maximum Gasteiger partial charge on any atom is 0.338 e. The van der Waals surface area contributed by atoms with Gasteiger partial charge >= 0.3 is 5.97 Å². The van der Waals surface area contributed by atoms with Crippen LogP contribution in [-0.2, 0) is 14.6 Å². The molecule has 1 aromatic carbocycles. The standard InChI is InChI=1S/C9H8FNO5S/c10-7-2-1-5(3-6(7)9(13)14)17(15,16)4-8(11)12/h1-3H,4H2,(H2,11,12)(H,13,14). The normalized spacial score (nSPS) is 11.1. The zero-order chi connectivity index (χ0) is 13.2. The summed E-state index contributed by atoms with van der Waals surface area (Å²) in [6, 6.07) is 2.23. The van der Waals surface area contributed by atoms with E-state index in [1.165, 1.54) is 0 Å². The van der Waals surface area contributed by atoms with Crippen LogP contribution in [0.1, 0.15) is 10.4 Å². The summed E-state index contributed by atoms with van der Waals surface area (Å²) >= 11 is 0. The zero-order valence-electron chi connectivity index (χ0n) is 8.38. The highest BCUT2D eigenvalue weighted by molar-refractivity contribution is 7.92. The van der Waals surface area contributed by atoms with E-state index in [1.807, 2.05) is 0 Å². The number of carbonyl (C=O) groups excluding carboxylic acids is 1. The van der Waals surface area contributed by atoms with Crippen LogP contribution in [0.2, 0.25) is 0 Å². The monoisotopic (exact) mass is 261 g/mol. The van der Waals surface area contributed by atoms with E-state index in [-0.39, 0.29) is 0 Å². The van der Waals surface area contributed by atoms with Crippen molar-refractivity contribution in [3.05, 3.63) is 29.6 Å². The molecule has 0 aliphatic carbocycles. The first-order valence-corrected chi connectivity index (χ1v) is 5.93. The minimum Gasteiger partial charge on any atom is -0.478 e. The summed E-state index contributed by atoms with van der Waals surface area (Å²) in [7, 11) is -4.04. The highest BCUT2D eigenvalue weighted by Crippen LogP contribution is 2.16. The van der Waals surface area contributed by atoms with E-state index < -0.39 is 43.7 Å². The third kappa shape index (κ3) is 3.00. The SMILES string of the molecule is NC(=O)CS(=O)(=O)c1ccc(F)c(C(=O)O)c1. The first-order chi connectivity index (χ1) is 7.74. The van der Waals surface area contributed by atoms with Gasteiger partial charge in [0.2, 0.25) is 5.91 Å². The third-order valence-corrected chi connectivity index (χ3v) is 3.50. The summed E-state index contributed by atoms with van der Waals surface area (Å²) in [5.41, 5.74) is 3.95. The van der Waals surface area contributed by atoms with Crippen molar-refractivity contribution in [2.45, 2.75) is 4.90 Å². The van der Waals surface area contributed by atoms with Crippen molar-refractivity contribution >= 4 is 21.7 Å². The summed E-state index contributed by atoms with van der Waals surface area (Å²) in [5, 5.41) is 8.61. The molecular formula is C9H8FNO5S. The lowest BCUT2D eigenvalue weighted by Crippen LogP contribution is -2.23. The van der Waals surface area contributed by atoms with Gasteiger partial charge in [0.1, 0.15) is 11.6 Å². The highest BCUT2D eigenvalue weighted by Gasteiger charge is 2.21. The van der Waals surface area contributed by atoms with Crippen molar-refractivity contribution < 1.29 is 27.5 Å². The average molecular weight is 261 g/mol. The van der Waals surface area contributed by atoms with Gasteiger partial charge in [-0.15, -0.1) is 0 Å². The summed E-state index contributed by atoms with van der Waals surface area (Å²) in [6.45, 7) is 0. The van der Waals surface area contributed by atoms with Crippen LogP contribution in [-0.4, -0.2) is 31.2 Å². The van der Waals surface area contributed by atoms with Gasteiger partial charge in [0, 0.05) is 0 Å². The number of halogens is 1.